The second-order valence-corrected chi connectivity index (χ2v) is 11.5. The standard InChI is InChI=1S/C18H42O4Si2/c1-13(2)19-17(20-14(3)4)23-11-9-10-12-24-18(21-15(5)6)22-16(7)8/h13-18H,9-12,23-24H2,1-8H3. The Labute approximate surface area is 155 Å². The summed E-state index contributed by atoms with van der Waals surface area (Å²) in [4.78, 5) is 0. The second kappa shape index (κ2) is 14.4. The van der Waals surface area contributed by atoms with E-state index in [4.69, 9.17) is 18.9 Å². The van der Waals surface area contributed by atoms with Crippen LogP contribution in [0.3, 0.4) is 0 Å². The van der Waals surface area contributed by atoms with Crippen molar-refractivity contribution in [2.24, 2.45) is 0 Å². The summed E-state index contributed by atoms with van der Waals surface area (Å²) in [5, 5.41) is 0. The van der Waals surface area contributed by atoms with E-state index in [1.807, 2.05) is 0 Å². The molecule has 0 unspecified atom stereocenters. The summed E-state index contributed by atoms with van der Waals surface area (Å²) in [6.45, 7) is 16.7. The van der Waals surface area contributed by atoms with E-state index in [9.17, 15) is 0 Å². The summed E-state index contributed by atoms with van der Waals surface area (Å²) in [6.07, 6.45) is 3.56. The maximum absolute atomic E-state index is 5.90. The first-order valence-electron chi connectivity index (χ1n) is 9.82. The van der Waals surface area contributed by atoms with E-state index < -0.39 is 0 Å². The largest absolute Gasteiger partial charge is 0.354 e. The Kier molecular flexibility index (Phi) is 14.6. The Morgan fingerprint density at radius 3 is 0.958 bits per heavy atom. The first-order chi connectivity index (χ1) is 11.2. The average molecular weight is 379 g/mol. The number of hydrogen-bond donors (Lipinski definition) is 0. The highest BCUT2D eigenvalue weighted by Gasteiger charge is 2.15. The van der Waals surface area contributed by atoms with Gasteiger partial charge in [0, 0.05) is 0 Å². The number of ether oxygens (including phenoxy) is 4. The van der Waals surface area contributed by atoms with E-state index in [-0.39, 0.29) is 55.3 Å². The zero-order valence-corrected chi connectivity index (χ0v) is 20.2. The molecule has 0 aromatic carbocycles. The Balaban J connectivity index is 3.91. The smallest absolute Gasteiger partial charge is 0.135 e. The minimum atomic E-state index is -0.335. The van der Waals surface area contributed by atoms with Crippen molar-refractivity contribution in [3.8, 4) is 0 Å². The van der Waals surface area contributed by atoms with Crippen molar-refractivity contribution < 1.29 is 18.9 Å². The van der Waals surface area contributed by atoms with E-state index in [2.05, 4.69) is 55.4 Å². The molecule has 0 atom stereocenters. The summed E-state index contributed by atoms with van der Waals surface area (Å²) >= 11 is 0. The number of rotatable bonds is 15. The molecule has 0 aromatic heterocycles. The van der Waals surface area contributed by atoms with Crippen LogP contribution >= 0.6 is 0 Å². The maximum atomic E-state index is 5.90. The van der Waals surface area contributed by atoms with Crippen LogP contribution in [0, 0.1) is 0 Å². The lowest BCUT2D eigenvalue weighted by atomic mass is 10.4. The van der Waals surface area contributed by atoms with E-state index in [1.165, 1.54) is 24.9 Å². The third-order valence-electron chi connectivity index (χ3n) is 3.33. The van der Waals surface area contributed by atoms with Crippen molar-refractivity contribution in [3.63, 3.8) is 0 Å². The predicted octanol–water partition coefficient (Wildman–Crippen LogP) is 3.21. The lowest BCUT2D eigenvalue weighted by Gasteiger charge is -2.23. The van der Waals surface area contributed by atoms with Gasteiger partial charge in [-0.15, -0.1) is 0 Å². The maximum Gasteiger partial charge on any atom is 0.135 e. The fraction of sp³-hybridized carbons (Fsp3) is 1.00. The molecule has 0 aliphatic rings. The highest BCUT2D eigenvalue weighted by Crippen LogP contribution is 2.10. The molecule has 0 saturated carbocycles. The van der Waals surface area contributed by atoms with Crippen molar-refractivity contribution in [1.82, 2.24) is 0 Å². The van der Waals surface area contributed by atoms with Gasteiger partial charge in [-0.2, -0.15) is 0 Å². The van der Waals surface area contributed by atoms with Crippen LogP contribution in [0.4, 0.5) is 0 Å². The van der Waals surface area contributed by atoms with Crippen LogP contribution in [-0.2, 0) is 18.9 Å². The van der Waals surface area contributed by atoms with Crippen LogP contribution in [0.5, 0.6) is 0 Å². The molecule has 0 fully saturated rings. The lowest BCUT2D eigenvalue weighted by Crippen LogP contribution is -2.30. The van der Waals surface area contributed by atoms with Crippen molar-refractivity contribution in [3.05, 3.63) is 0 Å². The van der Waals surface area contributed by atoms with E-state index in [0.717, 1.165) is 0 Å². The van der Waals surface area contributed by atoms with Crippen LogP contribution < -0.4 is 0 Å². The molecule has 0 aliphatic carbocycles. The van der Waals surface area contributed by atoms with Crippen LogP contribution in [0.15, 0.2) is 0 Å². The molecule has 6 heteroatoms. The van der Waals surface area contributed by atoms with Crippen LogP contribution in [0.2, 0.25) is 12.1 Å². The molecule has 0 aromatic rings. The lowest BCUT2D eigenvalue weighted by molar-refractivity contribution is -0.134. The van der Waals surface area contributed by atoms with Gasteiger partial charge in [0.2, 0.25) is 0 Å². The van der Waals surface area contributed by atoms with E-state index in [1.54, 1.807) is 0 Å². The van der Waals surface area contributed by atoms with Crippen molar-refractivity contribution >= 4 is 19.0 Å². The van der Waals surface area contributed by atoms with Gasteiger partial charge in [0.05, 0.1) is 43.5 Å². The number of unbranched alkanes of at least 4 members (excludes halogenated alkanes) is 1. The van der Waals surface area contributed by atoms with Gasteiger partial charge in [0.1, 0.15) is 11.8 Å². The molecule has 0 radical (unpaired) electrons. The molecule has 0 bridgehead atoms. The van der Waals surface area contributed by atoms with Crippen LogP contribution in [0.25, 0.3) is 0 Å². The molecule has 0 N–H and O–H groups in total. The Bertz CT molecular complexity index is 238. The molecule has 0 rings (SSSR count). The molecular formula is C18H42O4Si2. The monoisotopic (exact) mass is 378 g/mol. The fourth-order valence-corrected chi connectivity index (χ4v) is 6.56. The highest BCUT2D eigenvalue weighted by atomic mass is 28.2. The van der Waals surface area contributed by atoms with Crippen LogP contribution in [0.1, 0.15) is 68.2 Å². The molecule has 4 nitrogen and oxygen atoms in total. The summed E-state index contributed by atoms with van der Waals surface area (Å²) in [6, 6.07) is 2.58. The van der Waals surface area contributed by atoms with Crippen molar-refractivity contribution in [2.75, 3.05) is 0 Å². The predicted molar refractivity (Wildman–Crippen MR) is 108 cm³/mol. The second-order valence-electron chi connectivity index (χ2n) is 7.59. The van der Waals surface area contributed by atoms with Gasteiger partial charge in [0.15, 0.2) is 0 Å². The SMILES string of the molecule is CC(C)OC(OC(C)C)[SiH2]CCCC[SiH2]C(OC(C)C)OC(C)C. The molecule has 0 saturated heterocycles. The minimum Gasteiger partial charge on any atom is -0.354 e. The normalized spacial score (nSPS) is 13.8. The number of hydrogen-bond acceptors (Lipinski definition) is 4. The summed E-state index contributed by atoms with van der Waals surface area (Å²) in [7, 11) is -0.671. The van der Waals surface area contributed by atoms with E-state index in [0.29, 0.717) is 0 Å². The Hall–Kier alpha value is 0.274. The van der Waals surface area contributed by atoms with E-state index >= 15 is 0 Å². The minimum absolute atomic E-state index is 0.0727. The third-order valence-corrected chi connectivity index (χ3v) is 6.85. The summed E-state index contributed by atoms with van der Waals surface area (Å²) in [5.74, 6) is 0.145. The quantitative estimate of drug-likeness (QED) is 0.249. The first-order valence-corrected chi connectivity index (χ1v) is 13.5. The van der Waals surface area contributed by atoms with Gasteiger partial charge in [-0.1, -0.05) is 24.9 Å². The third kappa shape index (κ3) is 15.8. The molecule has 0 amide bonds. The van der Waals surface area contributed by atoms with Gasteiger partial charge in [-0.05, 0) is 55.4 Å². The molecule has 24 heavy (non-hydrogen) atoms. The van der Waals surface area contributed by atoms with Gasteiger partial charge in [-0.3, -0.25) is 0 Å². The summed E-state index contributed by atoms with van der Waals surface area (Å²) < 4.78 is 23.6. The first kappa shape index (κ1) is 24.3. The van der Waals surface area contributed by atoms with Gasteiger partial charge in [-0.25, -0.2) is 0 Å². The molecule has 0 heterocycles. The zero-order valence-electron chi connectivity index (χ0n) is 17.3. The summed E-state index contributed by atoms with van der Waals surface area (Å²) in [5.41, 5.74) is 0. The Morgan fingerprint density at radius 1 is 0.500 bits per heavy atom. The fourth-order valence-electron chi connectivity index (χ4n) is 2.53. The highest BCUT2D eigenvalue weighted by molar-refractivity contribution is 6.37. The average Bonchev–Trinajstić information content (AvgIpc) is 2.39. The Morgan fingerprint density at radius 2 is 0.750 bits per heavy atom. The zero-order chi connectivity index (χ0) is 18.5. The van der Waals surface area contributed by atoms with Gasteiger partial charge < -0.3 is 18.9 Å². The van der Waals surface area contributed by atoms with Crippen molar-refractivity contribution in [1.29, 1.82) is 0 Å². The van der Waals surface area contributed by atoms with Crippen LogP contribution in [-0.4, -0.2) is 55.3 Å². The van der Waals surface area contributed by atoms with Crippen molar-refractivity contribution in [2.45, 2.75) is 117 Å². The molecular weight excluding hydrogens is 336 g/mol. The molecule has 146 valence electrons. The van der Waals surface area contributed by atoms with Gasteiger partial charge in [0.25, 0.3) is 0 Å². The van der Waals surface area contributed by atoms with Gasteiger partial charge >= 0.3 is 0 Å². The molecule has 0 spiro atoms. The topological polar surface area (TPSA) is 36.9 Å². The molecule has 0 aliphatic heterocycles.